The molecule has 7 heteroatoms. The average Bonchev–Trinajstić information content (AvgIpc) is 2.74. The molecule has 1 N–H and O–H groups in total. The van der Waals surface area contributed by atoms with Gasteiger partial charge >= 0.3 is 0 Å². The summed E-state index contributed by atoms with van der Waals surface area (Å²) < 4.78 is 16.3. The molecule has 1 unspecified atom stereocenters. The zero-order valence-electron chi connectivity index (χ0n) is 16.2. The van der Waals surface area contributed by atoms with E-state index in [1.54, 1.807) is 14.2 Å². The molecule has 1 aliphatic rings. The quantitative estimate of drug-likeness (QED) is 0.765. The third-order valence-electron chi connectivity index (χ3n) is 4.71. The van der Waals surface area contributed by atoms with Gasteiger partial charge in [0.1, 0.15) is 17.2 Å². The lowest BCUT2D eigenvalue weighted by Crippen LogP contribution is -2.49. The molecule has 28 heavy (non-hydrogen) atoms. The van der Waals surface area contributed by atoms with Crippen molar-refractivity contribution in [3.63, 3.8) is 0 Å². The van der Waals surface area contributed by atoms with E-state index in [1.807, 2.05) is 53.4 Å². The first-order chi connectivity index (χ1) is 13.2. The molecule has 2 aromatic rings. The molecule has 3 rings (SSSR count). The molecule has 1 amide bonds. The first-order valence-corrected chi connectivity index (χ1v) is 9.13. The highest BCUT2D eigenvalue weighted by Gasteiger charge is 2.29. The van der Waals surface area contributed by atoms with Crippen molar-refractivity contribution in [3.8, 4) is 17.2 Å². The van der Waals surface area contributed by atoms with Crippen LogP contribution in [0.3, 0.4) is 0 Å². The van der Waals surface area contributed by atoms with Crippen LogP contribution in [-0.4, -0.2) is 51.3 Å². The number of rotatable bonds is 7. The second-order valence-corrected chi connectivity index (χ2v) is 6.32. The van der Waals surface area contributed by atoms with Crippen LogP contribution in [0, 0.1) is 0 Å². The van der Waals surface area contributed by atoms with Crippen molar-refractivity contribution in [2.75, 3.05) is 40.5 Å². The number of halogens is 1. The maximum absolute atomic E-state index is 12.8. The van der Waals surface area contributed by atoms with Gasteiger partial charge in [-0.3, -0.25) is 4.79 Å². The van der Waals surface area contributed by atoms with Crippen molar-refractivity contribution >= 4 is 18.3 Å². The van der Waals surface area contributed by atoms with E-state index in [-0.39, 0.29) is 24.4 Å². The summed E-state index contributed by atoms with van der Waals surface area (Å²) in [6.07, 6.45) is 0.331. The number of nitrogens with zero attached hydrogens (tertiary/aromatic N) is 1. The topological polar surface area (TPSA) is 60.0 Å². The van der Waals surface area contributed by atoms with Crippen molar-refractivity contribution < 1.29 is 19.0 Å². The minimum absolute atomic E-state index is 0. The van der Waals surface area contributed by atoms with Crippen molar-refractivity contribution in [2.45, 2.75) is 12.5 Å². The Kier molecular flexibility index (Phi) is 8.42. The number of methoxy groups -OCH3 is 2. The number of para-hydroxylation sites is 1. The monoisotopic (exact) mass is 406 g/mol. The van der Waals surface area contributed by atoms with Gasteiger partial charge in [0.15, 0.2) is 0 Å². The molecule has 0 bridgehead atoms. The number of hydrogen-bond acceptors (Lipinski definition) is 5. The lowest BCUT2D eigenvalue weighted by Gasteiger charge is -2.37. The van der Waals surface area contributed by atoms with Gasteiger partial charge < -0.3 is 24.4 Å². The Morgan fingerprint density at radius 2 is 1.79 bits per heavy atom. The number of carbonyl (C=O) groups is 1. The third-order valence-corrected chi connectivity index (χ3v) is 4.71. The Morgan fingerprint density at radius 1 is 1.07 bits per heavy atom. The van der Waals surface area contributed by atoms with Crippen LogP contribution < -0.4 is 19.5 Å². The first kappa shape index (κ1) is 21.9. The second kappa shape index (κ2) is 10.8. The SMILES string of the molecule is COc1ccc(OCCC(=O)N2CCNCC2c2ccccc2OC)cc1.Cl. The average molecular weight is 407 g/mol. The molecule has 0 aliphatic carbocycles. The Morgan fingerprint density at radius 3 is 2.50 bits per heavy atom. The number of benzene rings is 2. The van der Waals surface area contributed by atoms with Crippen LogP contribution in [0.2, 0.25) is 0 Å². The molecule has 1 fully saturated rings. The lowest BCUT2D eigenvalue weighted by molar-refractivity contribution is -0.135. The molecular formula is C21H27ClN2O4. The molecule has 0 saturated carbocycles. The Balaban J connectivity index is 0.00000280. The molecule has 1 heterocycles. The molecule has 1 atom stereocenters. The van der Waals surface area contributed by atoms with Gasteiger partial charge in [-0.1, -0.05) is 18.2 Å². The third kappa shape index (κ3) is 5.30. The van der Waals surface area contributed by atoms with Crippen molar-refractivity contribution in [2.24, 2.45) is 0 Å². The standard InChI is InChI=1S/C21H26N2O4.ClH/c1-25-16-7-9-17(10-8-16)27-14-11-21(24)23-13-12-22-15-19(23)18-5-3-4-6-20(18)26-2;/h3-10,19,22H,11-15H2,1-2H3;1H. The van der Waals surface area contributed by atoms with Gasteiger partial charge in [-0.15, -0.1) is 12.4 Å². The van der Waals surface area contributed by atoms with Crippen molar-refractivity contribution in [3.05, 3.63) is 54.1 Å². The van der Waals surface area contributed by atoms with Crippen molar-refractivity contribution in [1.29, 1.82) is 0 Å². The van der Waals surface area contributed by atoms with Crippen molar-refractivity contribution in [1.82, 2.24) is 10.2 Å². The van der Waals surface area contributed by atoms with E-state index in [1.165, 1.54) is 0 Å². The van der Waals surface area contributed by atoms with E-state index < -0.39 is 0 Å². The van der Waals surface area contributed by atoms with Gasteiger partial charge in [-0.05, 0) is 30.3 Å². The van der Waals surface area contributed by atoms with Crippen LogP contribution >= 0.6 is 12.4 Å². The lowest BCUT2D eigenvalue weighted by atomic mass is 10.0. The number of piperazine rings is 1. The largest absolute Gasteiger partial charge is 0.497 e. The normalized spacial score (nSPS) is 16.1. The minimum atomic E-state index is -0.0385. The molecule has 1 aliphatic heterocycles. The zero-order chi connectivity index (χ0) is 19.1. The molecular weight excluding hydrogens is 380 g/mol. The second-order valence-electron chi connectivity index (χ2n) is 6.32. The maximum Gasteiger partial charge on any atom is 0.226 e. The van der Waals surface area contributed by atoms with E-state index in [9.17, 15) is 4.79 Å². The van der Waals surface area contributed by atoms with E-state index >= 15 is 0 Å². The fourth-order valence-electron chi connectivity index (χ4n) is 3.29. The van der Waals surface area contributed by atoms with Gasteiger partial charge in [-0.2, -0.15) is 0 Å². The fourth-order valence-corrected chi connectivity index (χ4v) is 3.29. The molecule has 6 nitrogen and oxygen atoms in total. The first-order valence-electron chi connectivity index (χ1n) is 9.13. The predicted molar refractivity (Wildman–Crippen MR) is 111 cm³/mol. The molecule has 0 aromatic heterocycles. The molecule has 1 saturated heterocycles. The van der Waals surface area contributed by atoms with Crippen LogP contribution in [0.1, 0.15) is 18.0 Å². The number of carbonyl (C=O) groups excluding carboxylic acids is 1. The smallest absolute Gasteiger partial charge is 0.226 e. The Labute approximate surface area is 172 Å². The van der Waals surface area contributed by atoms with E-state index in [0.717, 1.165) is 29.4 Å². The van der Waals surface area contributed by atoms with Crippen LogP contribution in [-0.2, 0) is 4.79 Å². The summed E-state index contributed by atoms with van der Waals surface area (Å²) in [4.78, 5) is 14.8. The van der Waals surface area contributed by atoms with Gasteiger partial charge in [-0.25, -0.2) is 0 Å². The summed E-state index contributed by atoms with van der Waals surface area (Å²) >= 11 is 0. The summed E-state index contributed by atoms with van der Waals surface area (Å²) in [6.45, 7) is 2.51. The summed E-state index contributed by atoms with van der Waals surface area (Å²) in [5, 5.41) is 3.37. The molecule has 2 aromatic carbocycles. The van der Waals surface area contributed by atoms with Gasteiger partial charge in [0, 0.05) is 25.2 Å². The molecule has 0 spiro atoms. The Hall–Kier alpha value is -2.44. The van der Waals surface area contributed by atoms with Crippen LogP contribution in [0.4, 0.5) is 0 Å². The zero-order valence-corrected chi connectivity index (χ0v) is 17.0. The van der Waals surface area contributed by atoms with Crippen LogP contribution in [0.5, 0.6) is 17.2 Å². The summed E-state index contributed by atoms with van der Waals surface area (Å²) in [6, 6.07) is 15.2. The minimum Gasteiger partial charge on any atom is -0.497 e. The van der Waals surface area contributed by atoms with Gasteiger partial charge in [0.2, 0.25) is 5.91 Å². The maximum atomic E-state index is 12.8. The fraction of sp³-hybridized carbons (Fsp3) is 0.381. The molecule has 152 valence electrons. The number of nitrogens with one attached hydrogen (secondary N) is 1. The predicted octanol–water partition coefficient (Wildman–Crippen LogP) is 3.07. The number of ether oxygens (including phenoxy) is 3. The van der Waals surface area contributed by atoms with Gasteiger partial charge in [0.05, 0.1) is 33.3 Å². The van der Waals surface area contributed by atoms with E-state index in [0.29, 0.717) is 26.1 Å². The van der Waals surface area contributed by atoms with Gasteiger partial charge in [0.25, 0.3) is 0 Å². The number of amides is 1. The summed E-state index contributed by atoms with van der Waals surface area (Å²) in [5.74, 6) is 2.39. The van der Waals surface area contributed by atoms with Crippen LogP contribution in [0.15, 0.2) is 48.5 Å². The summed E-state index contributed by atoms with van der Waals surface area (Å²) in [5.41, 5.74) is 1.02. The van der Waals surface area contributed by atoms with E-state index in [2.05, 4.69) is 5.32 Å². The Bertz CT molecular complexity index is 754. The highest BCUT2D eigenvalue weighted by molar-refractivity contribution is 5.85. The van der Waals surface area contributed by atoms with E-state index in [4.69, 9.17) is 14.2 Å². The molecule has 0 radical (unpaired) electrons. The number of hydrogen-bond donors (Lipinski definition) is 1. The van der Waals surface area contributed by atoms with Crippen LogP contribution in [0.25, 0.3) is 0 Å². The summed E-state index contributed by atoms with van der Waals surface area (Å²) in [7, 11) is 3.28. The highest BCUT2D eigenvalue weighted by atomic mass is 35.5. The highest BCUT2D eigenvalue weighted by Crippen LogP contribution is 2.30.